The molecule has 2 aromatic heterocycles. The Morgan fingerprint density at radius 3 is 2.37 bits per heavy atom. The van der Waals surface area contributed by atoms with E-state index in [9.17, 15) is 14.7 Å². The number of benzene rings is 1. The smallest absolute Gasteiger partial charge is 0.407 e. The quantitative estimate of drug-likeness (QED) is 0.164. The topological polar surface area (TPSA) is 130 Å². The number of hydrogen-bond donors (Lipinski definition) is 3. The van der Waals surface area contributed by atoms with E-state index in [1.54, 1.807) is 20.3 Å². The molecule has 0 aliphatic carbocycles. The summed E-state index contributed by atoms with van der Waals surface area (Å²) in [6.07, 6.45) is 1.10. The molecule has 0 bridgehead atoms. The van der Waals surface area contributed by atoms with E-state index in [1.165, 1.54) is 4.90 Å². The molecule has 0 saturated carbocycles. The summed E-state index contributed by atoms with van der Waals surface area (Å²) in [6, 6.07) is 9.96. The van der Waals surface area contributed by atoms with Crippen LogP contribution in [-0.2, 0) is 11.5 Å². The van der Waals surface area contributed by atoms with E-state index >= 15 is 0 Å². The summed E-state index contributed by atoms with van der Waals surface area (Å²) in [5.41, 5.74) is 2.17. The first-order chi connectivity index (χ1) is 21.7. The maximum atomic E-state index is 12.9. The first kappa shape index (κ1) is 35.0. The first-order valence-corrected chi connectivity index (χ1v) is 19.5. The summed E-state index contributed by atoms with van der Waals surface area (Å²) in [7, 11) is 2.01. The van der Waals surface area contributed by atoms with Gasteiger partial charge in [0.1, 0.15) is 29.7 Å². The number of amides is 3. The maximum absolute atomic E-state index is 12.9. The minimum atomic E-state index is -1.26. The average Bonchev–Trinajstić information content (AvgIpc) is 3.34. The Balaban J connectivity index is 1.48. The molecular formula is C33H50N6O6Si. The van der Waals surface area contributed by atoms with E-state index in [4.69, 9.17) is 19.2 Å². The van der Waals surface area contributed by atoms with Crippen LogP contribution in [0.3, 0.4) is 0 Å². The molecule has 1 aliphatic heterocycles. The molecule has 3 amide bonds. The summed E-state index contributed by atoms with van der Waals surface area (Å²) < 4.78 is 19.4. The van der Waals surface area contributed by atoms with Crippen LogP contribution in [0.4, 0.5) is 15.4 Å². The minimum absolute atomic E-state index is 0.125. The number of pyridine rings is 1. The molecular weight excluding hydrogens is 604 g/mol. The molecule has 12 nitrogen and oxygen atoms in total. The zero-order chi connectivity index (χ0) is 33.6. The number of fused-ring (bicyclic) bond motifs is 1. The third-order valence-corrected chi connectivity index (χ3v) is 10.0. The molecule has 1 unspecified atom stereocenters. The molecule has 1 atom stereocenters. The Morgan fingerprint density at radius 1 is 1.07 bits per heavy atom. The summed E-state index contributed by atoms with van der Waals surface area (Å²) in [5, 5.41) is 16.3. The number of carboxylic acid groups (broad SMARTS) is 1. The number of ether oxygens (including phenoxy) is 3. The number of piperazine rings is 1. The predicted molar refractivity (Wildman–Crippen MR) is 184 cm³/mol. The van der Waals surface area contributed by atoms with Crippen LogP contribution in [0.15, 0.2) is 36.5 Å². The van der Waals surface area contributed by atoms with Gasteiger partial charge in [0, 0.05) is 64.6 Å². The van der Waals surface area contributed by atoms with Gasteiger partial charge in [0.2, 0.25) is 0 Å². The maximum Gasteiger partial charge on any atom is 0.407 e. The van der Waals surface area contributed by atoms with Gasteiger partial charge < -0.3 is 34.1 Å². The third-order valence-electron chi connectivity index (χ3n) is 8.31. The van der Waals surface area contributed by atoms with Crippen molar-refractivity contribution in [2.24, 2.45) is 5.41 Å². The Labute approximate surface area is 273 Å². The van der Waals surface area contributed by atoms with Gasteiger partial charge in [-0.15, -0.1) is 0 Å². The zero-order valence-corrected chi connectivity index (χ0v) is 29.5. The molecule has 3 heterocycles. The lowest BCUT2D eigenvalue weighted by atomic mass is 9.84. The van der Waals surface area contributed by atoms with E-state index in [0.29, 0.717) is 69.0 Å². The molecule has 0 spiro atoms. The standard InChI is InChI=1S/C33H50N6O6Si/c1-33(2,3)27-21-37(16-17-39(27)32(41)42)15-14-34-31(40)36-28-13-12-23-24(29-25(43-4)10-9-11-26(29)44-5)20-38(30(23)35-28)22-45-18-19-46(6,7)8/h9-13,20,27H,14-19,21-22H2,1-8H3,(H,41,42)(H2,34,35,36,40). The van der Waals surface area contributed by atoms with Crippen molar-refractivity contribution in [1.82, 2.24) is 24.7 Å². The van der Waals surface area contributed by atoms with E-state index < -0.39 is 14.2 Å². The van der Waals surface area contributed by atoms with Gasteiger partial charge in [-0.1, -0.05) is 46.5 Å². The normalized spacial score (nSPS) is 16.0. The van der Waals surface area contributed by atoms with Gasteiger partial charge in [-0.05, 0) is 35.7 Å². The van der Waals surface area contributed by atoms with Crippen molar-refractivity contribution >= 4 is 37.0 Å². The van der Waals surface area contributed by atoms with Crippen LogP contribution in [-0.4, -0.2) is 104 Å². The highest BCUT2D eigenvalue weighted by Gasteiger charge is 2.37. The van der Waals surface area contributed by atoms with Crippen molar-refractivity contribution in [1.29, 1.82) is 0 Å². The number of carbonyl (C=O) groups excluding carboxylic acids is 1. The minimum Gasteiger partial charge on any atom is -0.496 e. The van der Waals surface area contributed by atoms with Crippen molar-refractivity contribution in [3.8, 4) is 22.6 Å². The van der Waals surface area contributed by atoms with Gasteiger partial charge in [-0.2, -0.15) is 0 Å². The highest BCUT2D eigenvalue weighted by molar-refractivity contribution is 6.76. The van der Waals surface area contributed by atoms with Crippen LogP contribution >= 0.6 is 0 Å². The number of methoxy groups -OCH3 is 2. The number of hydrogen-bond acceptors (Lipinski definition) is 7. The van der Waals surface area contributed by atoms with Gasteiger partial charge in [-0.3, -0.25) is 10.2 Å². The van der Waals surface area contributed by atoms with E-state index in [0.717, 1.165) is 22.6 Å². The SMILES string of the molecule is COc1cccc(OC)c1-c1cn(COCC[Si](C)(C)C)c2nc(NC(=O)NCCN3CCN(C(=O)O)C(C(C)(C)C)C3)ccc12. The summed E-state index contributed by atoms with van der Waals surface area (Å²) in [6.45, 7) is 16.8. The summed E-state index contributed by atoms with van der Waals surface area (Å²) in [5.74, 6) is 1.77. The number of nitrogens with one attached hydrogen (secondary N) is 2. The second-order valence-electron chi connectivity index (χ2n) is 14.0. The fourth-order valence-corrected chi connectivity index (χ4v) is 6.45. The zero-order valence-electron chi connectivity index (χ0n) is 28.5. The number of aromatic nitrogens is 2. The van der Waals surface area contributed by atoms with Crippen molar-refractivity contribution in [3.63, 3.8) is 0 Å². The molecule has 1 fully saturated rings. The molecule has 13 heteroatoms. The fraction of sp³-hybridized carbons (Fsp3) is 0.545. The lowest BCUT2D eigenvalue weighted by Crippen LogP contribution is -2.60. The van der Waals surface area contributed by atoms with E-state index in [-0.39, 0.29) is 17.5 Å². The number of urea groups is 1. The highest BCUT2D eigenvalue weighted by Crippen LogP contribution is 2.42. The summed E-state index contributed by atoms with van der Waals surface area (Å²) in [4.78, 5) is 33.2. The van der Waals surface area contributed by atoms with Crippen LogP contribution in [0.2, 0.25) is 25.7 Å². The Hall–Kier alpha value is -3.81. The van der Waals surface area contributed by atoms with Gasteiger partial charge >= 0.3 is 12.1 Å². The summed E-state index contributed by atoms with van der Waals surface area (Å²) >= 11 is 0. The molecule has 4 rings (SSSR count). The van der Waals surface area contributed by atoms with Gasteiger partial charge in [-0.25, -0.2) is 14.6 Å². The lowest BCUT2D eigenvalue weighted by Gasteiger charge is -2.46. The van der Waals surface area contributed by atoms with Crippen LogP contribution in [0, 0.1) is 5.41 Å². The molecule has 1 aromatic carbocycles. The van der Waals surface area contributed by atoms with Crippen LogP contribution < -0.4 is 20.1 Å². The van der Waals surface area contributed by atoms with Crippen LogP contribution in [0.1, 0.15) is 20.8 Å². The molecule has 1 aliphatic rings. The predicted octanol–water partition coefficient (Wildman–Crippen LogP) is 5.86. The molecule has 0 radical (unpaired) electrons. The van der Waals surface area contributed by atoms with Gasteiger partial charge in [0.15, 0.2) is 0 Å². The number of anilines is 1. The molecule has 1 saturated heterocycles. The largest absolute Gasteiger partial charge is 0.496 e. The Morgan fingerprint density at radius 2 is 1.76 bits per heavy atom. The Bertz CT molecular complexity index is 1490. The highest BCUT2D eigenvalue weighted by atomic mass is 28.3. The second-order valence-corrected chi connectivity index (χ2v) is 19.6. The second kappa shape index (κ2) is 14.7. The third kappa shape index (κ3) is 8.71. The van der Waals surface area contributed by atoms with E-state index in [2.05, 4.69) is 55.9 Å². The average molecular weight is 655 g/mol. The van der Waals surface area contributed by atoms with Gasteiger partial charge in [0.25, 0.3) is 0 Å². The first-order valence-electron chi connectivity index (χ1n) is 15.8. The molecule has 3 aromatic rings. The van der Waals surface area contributed by atoms with Crippen LogP contribution in [0.25, 0.3) is 22.2 Å². The van der Waals surface area contributed by atoms with Crippen molar-refractivity contribution < 1.29 is 28.9 Å². The molecule has 46 heavy (non-hydrogen) atoms. The van der Waals surface area contributed by atoms with E-state index in [1.807, 2.05) is 35.0 Å². The monoisotopic (exact) mass is 654 g/mol. The lowest BCUT2D eigenvalue weighted by molar-refractivity contribution is 0.0224. The number of carbonyl (C=O) groups is 2. The molecule has 252 valence electrons. The number of rotatable bonds is 12. The fourth-order valence-electron chi connectivity index (χ4n) is 5.69. The van der Waals surface area contributed by atoms with Gasteiger partial charge in [0.05, 0.1) is 25.8 Å². The van der Waals surface area contributed by atoms with Crippen molar-refractivity contribution in [2.45, 2.75) is 59.2 Å². The molecule has 3 N–H and O–H groups in total. The Kier molecular flexibility index (Phi) is 11.2. The van der Waals surface area contributed by atoms with Crippen LogP contribution in [0.5, 0.6) is 11.5 Å². The van der Waals surface area contributed by atoms with Crippen molar-refractivity contribution in [2.75, 3.05) is 58.9 Å². The number of nitrogens with zero attached hydrogens (tertiary/aromatic N) is 4. The van der Waals surface area contributed by atoms with Crippen molar-refractivity contribution in [3.05, 3.63) is 36.5 Å².